The number of hydrogen-bond acceptors (Lipinski definition) is 4. The van der Waals surface area contributed by atoms with Crippen LogP contribution in [0.15, 0.2) is 24.7 Å². The monoisotopic (exact) mass is 285 g/mol. The van der Waals surface area contributed by atoms with Crippen molar-refractivity contribution in [1.29, 1.82) is 0 Å². The first-order valence-electron chi connectivity index (χ1n) is 7.90. The lowest BCUT2D eigenvalue weighted by Crippen LogP contribution is -2.31. The van der Waals surface area contributed by atoms with E-state index >= 15 is 0 Å². The Morgan fingerprint density at radius 3 is 3.00 bits per heavy atom. The molecule has 2 aromatic heterocycles. The van der Waals surface area contributed by atoms with Gasteiger partial charge in [-0.15, -0.1) is 0 Å². The number of nitrogens with one attached hydrogen (secondary N) is 1. The predicted molar refractivity (Wildman–Crippen MR) is 82.8 cm³/mol. The van der Waals surface area contributed by atoms with E-state index < -0.39 is 0 Å². The predicted octanol–water partition coefficient (Wildman–Crippen LogP) is 2.29. The van der Waals surface area contributed by atoms with Crippen LogP contribution in [0.4, 0.5) is 0 Å². The Morgan fingerprint density at radius 1 is 1.33 bits per heavy atom. The second-order valence-electron chi connectivity index (χ2n) is 5.75. The van der Waals surface area contributed by atoms with E-state index in [1.807, 2.05) is 29.3 Å². The van der Waals surface area contributed by atoms with Crippen molar-refractivity contribution in [2.45, 2.75) is 39.2 Å². The highest BCUT2D eigenvalue weighted by Crippen LogP contribution is 2.18. The summed E-state index contributed by atoms with van der Waals surface area (Å²) in [5, 5.41) is 7.79. The average molecular weight is 285 g/mol. The molecule has 1 aliphatic rings. The quantitative estimate of drug-likeness (QED) is 0.916. The molecule has 1 fully saturated rings. The van der Waals surface area contributed by atoms with Crippen LogP contribution in [0.3, 0.4) is 0 Å². The molecule has 2 aromatic rings. The zero-order valence-corrected chi connectivity index (χ0v) is 12.6. The largest absolute Gasteiger partial charge is 0.316 e. The van der Waals surface area contributed by atoms with Crippen molar-refractivity contribution in [1.82, 2.24) is 25.1 Å². The molecule has 1 unspecified atom stereocenters. The number of rotatable bonds is 5. The van der Waals surface area contributed by atoms with Crippen molar-refractivity contribution in [2.24, 2.45) is 5.92 Å². The van der Waals surface area contributed by atoms with Gasteiger partial charge in [-0.1, -0.05) is 6.92 Å². The van der Waals surface area contributed by atoms with Gasteiger partial charge < -0.3 is 5.32 Å². The van der Waals surface area contributed by atoms with Gasteiger partial charge in [0.15, 0.2) is 0 Å². The SMILES string of the molecule is CCCn1nccc1-c1cnc(CC2CCCNC2)cn1. The van der Waals surface area contributed by atoms with E-state index in [0.717, 1.165) is 49.6 Å². The molecule has 5 heteroatoms. The zero-order chi connectivity index (χ0) is 14.5. The van der Waals surface area contributed by atoms with Crippen LogP contribution in [0.2, 0.25) is 0 Å². The fourth-order valence-corrected chi connectivity index (χ4v) is 2.93. The van der Waals surface area contributed by atoms with Gasteiger partial charge in [0, 0.05) is 18.9 Å². The van der Waals surface area contributed by atoms with Crippen molar-refractivity contribution in [2.75, 3.05) is 13.1 Å². The molecule has 0 radical (unpaired) electrons. The van der Waals surface area contributed by atoms with Gasteiger partial charge in [0.2, 0.25) is 0 Å². The zero-order valence-electron chi connectivity index (χ0n) is 12.6. The molecule has 0 saturated carbocycles. The maximum atomic E-state index is 4.60. The van der Waals surface area contributed by atoms with Crippen LogP contribution in [0.1, 0.15) is 31.9 Å². The van der Waals surface area contributed by atoms with Crippen molar-refractivity contribution < 1.29 is 0 Å². The van der Waals surface area contributed by atoms with E-state index in [1.165, 1.54) is 12.8 Å². The Hall–Kier alpha value is -1.75. The molecule has 0 amide bonds. The van der Waals surface area contributed by atoms with Gasteiger partial charge in [-0.2, -0.15) is 5.10 Å². The molecule has 21 heavy (non-hydrogen) atoms. The number of hydrogen-bond donors (Lipinski definition) is 1. The molecule has 0 spiro atoms. The minimum absolute atomic E-state index is 0.699. The van der Waals surface area contributed by atoms with E-state index in [9.17, 15) is 0 Å². The highest BCUT2D eigenvalue weighted by molar-refractivity contribution is 5.52. The number of aryl methyl sites for hydroxylation is 1. The minimum Gasteiger partial charge on any atom is -0.316 e. The Labute approximate surface area is 125 Å². The summed E-state index contributed by atoms with van der Waals surface area (Å²) < 4.78 is 1.99. The highest BCUT2D eigenvalue weighted by Gasteiger charge is 2.14. The Bertz CT molecular complexity index is 554. The summed E-state index contributed by atoms with van der Waals surface area (Å²) in [4.78, 5) is 9.18. The van der Waals surface area contributed by atoms with E-state index in [2.05, 4.69) is 27.3 Å². The molecule has 3 rings (SSSR count). The van der Waals surface area contributed by atoms with Gasteiger partial charge in [0.1, 0.15) is 5.69 Å². The molecule has 3 heterocycles. The number of piperidine rings is 1. The molecule has 5 nitrogen and oxygen atoms in total. The van der Waals surface area contributed by atoms with Gasteiger partial charge >= 0.3 is 0 Å². The first kappa shape index (κ1) is 14.2. The summed E-state index contributed by atoms with van der Waals surface area (Å²) in [7, 11) is 0. The van der Waals surface area contributed by atoms with E-state index in [0.29, 0.717) is 5.92 Å². The third kappa shape index (κ3) is 3.47. The van der Waals surface area contributed by atoms with Crippen molar-refractivity contribution in [3.05, 3.63) is 30.4 Å². The Morgan fingerprint density at radius 2 is 2.29 bits per heavy atom. The van der Waals surface area contributed by atoms with Gasteiger partial charge in [-0.25, -0.2) is 0 Å². The number of nitrogens with zero attached hydrogens (tertiary/aromatic N) is 4. The van der Waals surface area contributed by atoms with Gasteiger partial charge in [0.05, 0.1) is 17.6 Å². The van der Waals surface area contributed by atoms with Crippen LogP contribution in [-0.4, -0.2) is 32.8 Å². The normalized spacial score (nSPS) is 18.8. The molecule has 0 bridgehead atoms. The summed E-state index contributed by atoms with van der Waals surface area (Å²) in [6.45, 7) is 5.33. The average Bonchev–Trinajstić information content (AvgIpc) is 2.98. The van der Waals surface area contributed by atoms with Crippen molar-refractivity contribution in [3.8, 4) is 11.4 Å². The Balaban J connectivity index is 1.69. The van der Waals surface area contributed by atoms with E-state index in [4.69, 9.17) is 0 Å². The van der Waals surface area contributed by atoms with Crippen LogP contribution in [0.5, 0.6) is 0 Å². The van der Waals surface area contributed by atoms with Gasteiger partial charge in [-0.05, 0) is 50.8 Å². The van der Waals surface area contributed by atoms with Crippen molar-refractivity contribution >= 4 is 0 Å². The van der Waals surface area contributed by atoms with E-state index in [1.54, 1.807) is 0 Å². The van der Waals surface area contributed by atoms with Crippen LogP contribution in [0, 0.1) is 5.92 Å². The third-order valence-corrected chi connectivity index (χ3v) is 4.02. The molecule has 0 aliphatic carbocycles. The van der Waals surface area contributed by atoms with Crippen LogP contribution >= 0.6 is 0 Å². The maximum absolute atomic E-state index is 4.60. The molecule has 1 saturated heterocycles. The highest BCUT2D eigenvalue weighted by atomic mass is 15.3. The van der Waals surface area contributed by atoms with Gasteiger partial charge in [-0.3, -0.25) is 14.6 Å². The Kier molecular flexibility index (Phi) is 4.60. The molecule has 0 aromatic carbocycles. The molecular formula is C16H23N5. The summed E-state index contributed by atoms with van der Waals surface area (Å²) in [5.74, 6) is 0.699. The standard InChI is InChI=1S/C16H23N5/c1-2-8-21-16(5-7-20-21)15-12-18-14(11-19-15)9-13-4-3-6-17-10-13/h5,7,11-13,17H,2-4,6,8-10H2,1H3. The molecule has 1 aliphatic heterocycles. The van der Waals surface area contributed by atoms with Crippen LogP contribution < -0.4 is 5.32 Å². The van der Waals surface area contributed by atoms with E-state index in [-0.39, 0.29) is 0 Å². The molecule has 1 N–H and O–H groups in total. The first-order valence-corrected chi connectivity index (χ1v) is 7.90. The molecule has 1 atom stereocenters. The second kappa shape index (κ2) is 6.80. The second-order valence-corrected chi connectivity index (χ2v) is 5.75. The maximum Gasteiger partial charge on any atom is 0.107 e. The smallest absolute Gasteiger partial charge is 0.107 e. The molecule has 112 valence electrons. The summed E-state index contributed by atoms with van der Waals surface area (Å²) >= 11 is 0. The number of aromatic nitrogens is 4. The van der Waals surface area contributed by atoms with Crippen LogP contribution in [0.25, 0.3) is 11.4 Å². The fraction of sp³-hybridized carbons (Fsp3) is 0.562. The van der Waals surface area contributed by atoms with Gasteiger partial charge in [0.25, 0.3) is 0 Å². The summed E-state index contributed by atoms with van der Waals surface area (Å²) in [5.41, 5.74) is 3.05. The fourth-order valence-electron chi connectivity index (χ4n) is 2.93. The topological polar surface area (TPSA) is 55.6 Å². The lowest BCUT2D eigenvalue weighted by atomic mass is 9.95. The lowest BCUT2D eigenvalue weighted by Gasteiger charge is -2.22. The van der Waals surface area contributed by atoms with Crippen molar-refractivity contribution in [3.63, 3.8) is 0 Å². The first-order chi connectivity index (χ1) is 10.4. The van der Waals surface area contributed by atoms with Crippen LogP contribution in [-0.2, 0) is 13.0 Å². The third-order valence-electron chi connectivity index (χ3n) is 4.02. The lowest BCUT2D eigenvalue weighted by molar-refractivity contribution is 0.373. The summed E-state index contributed by atoms with van der Waals surface area (Å²) in [6.07, 6.45) is 10.3. The minimum atomic E-state index is 0.699. The molecular weight excluding hydrogens is 262 g/mol. The summed E-state index contributed by atoms with van der Waals surface area (Å²) in [6, 6.07) is 2.00.